The van der Waals surface area contributed by atoms with Crippen molar-refractivity contribution in [2.75, 3.05) is 7.11 Å². The largest absolute Gasteiger partial charge is 0.503 e. The second kappa shape index (κ2) is 5.86. The Hall–Kier alpha value is -0.700. The monoisotopic (exact) mass is 246 g/mol. The van der Waals surface area contributed by atoms with Gasteiger partial charge in [-0.05, 0) is 40.5 Å². The third-order valence-electron chi connectivity index (χ3n) is 1.39. The predicted molar refractivity (Wildman–Crippen MR) is 58.4 cm³/mol. The predicted octanol–water partition coefficient (Wildman–Crippen LogP) is 3.50. The van der Waals surface area contributed by atoms with Crippen molar-refractivity contribution in [2.45, 2.75) is 20.8 Å². The minimum absolute atomic E-state index is 0.151. The summed E-state index contributed by atoms with van der Waals surface area (Å²) in [5.74, 6) is 0.648. The molecule has 0 aromatic heterocycles. The first kappa shape index (κ1) is 12.3. The van der Waals surface area contributed by atoms with Crippen LogP contribution in [0.1, 0.15) is 19.4 Å². The summed E-state index contributed by atoms with van der Waals surface area (Å²) in [6.07, 6.45) is 0. The Kier molecular flexibility index (Phi) is 5.55. The molecule has 0 amide bonds. The normalized spacial score (nSPS) is 8.69. The SMILES string of the molecule is CC.COc1cc(C)cc(Br)c1O. The molecule has 0 spiro atoms. The number of ether oxygens (including phenoxy) is 1. The van der Waals surface area contributed by atoms with Gasteiger partial charge in [-0.3, -0.25) is 0 Å². The molecule has 0 bridgehead atoms. The first-order chi connectivity index (χ1) is 6.15. The van der Waals surface area contributed by atoms with Gasteiger partial charge in [0.1, 0.15) is 0 Å². The van der Waals surface area contributed by atoms with Gasteiger partial charge in [-0.15, -0.1) is 0 Å². The van der Waals surface area contributed by atoms with Gasteiger partial charge in [0.05, 0.1) is 11.6 Å². The summed E-state index contributed by atoms with van der Waals surface area (Å²) in [5, 5.41) is 9.35. The number of phenolic OH excluding ortho intramolecular Hbond substituents is 1. The third kappa shape index (κ3) is 3.27. The number of rotatable bonds is 1. The second-order valence-electron chi connectivity index (χ2n) is 2.30. The zero-order valence-electron chi connectivity index (χ0n) is 8.39. The van der Waals surface area contributed by atoms with Crippen molar-refractivity contribution in [3.8, 4) is 11.5 Å². The Morgan fingerprint density at radius 2 is 1.85 bits per heavy atom. The van der Waals surface area contributed by atoms with E-state index in [2.05, 4.69) is 15.9 Å². The smallest absolute Gasteiger partial charge is 0.172 e. The molecule has 0 atom stereocenters. The first-order valence-corrected chi connectivity index (χ1v) is 4.97. The molecule has 13 heavy (non-hydrogen) atoms. The molecular formula is C10H15BrO2. The van der Waals surface area contributed by atoms with Gasteiger partial charge in [-0.1, -0.05) is 13.8 Å². The van der Waals surface area contributed by atoms with E-state index in [1.165, 1.54) is 7.11 Å². The van der Waals surface area contributed by atoms with E-state index in [1.807, 2.05) is 26.8 Å². The molecule has 3 heteroatoms. The van der Waals surface area contributed by atoms with Gasteiger partial charge in [0.2, 0.25) is 0 Å². The van der Waals surface area contributed by atoms with Crippen LogP contribution in [0, 0.1) is 6.92 Å². The van der Waals surface area contributed by atoms with E-state index in [4.69, 9.17) is 4.74 Å². The summed E-state index contributed by atoms with van der Waals surface area (Å²) in [7, 11) is 1.53. The molecule has 0 heterocycles. The lowest BCUT2D eigenvalue weighted by atomic mass is 10.2. The van der Waals surface area contributed by atoms with Crippen molar-refractivity contribution in [2.24, 2.45) is 0 Å². The Morgan fingerprint density at radius 3 is 2.31 bits per heavy atom. The maximum absolute atomic E-state index is 9.35. The number of benzene rings is 1. The molecule has 0 unspecified atom stereocenters. The number of aryl methyl sites for hydroxylation is 1. The highest BCUT2D eigenvalue weighted by molar-refractivity contribution is 9.10. The molecule has 0 saturated carbocycles. The lowest BCUT2D eigenvalue weighted by Gasteiger charge is -2.05. The molecule has 0 fully saturated rings. The molecule has 1 aromatic rings. The topological polar surface area (TPSA) is 29.5 Å². The molecule has 0 aliphatic rings. The van der Waals surface area contributed by atoms with Gasteiger partial charge < -0.3 is 9.84 Å². The maximum Gasteiger partial charge on any atom is 0.172 e. The van der Waals surface area contributed by atoms with Crippen LogP contribution in [0.5, 0.6) is 11.5 Å². The van der Waals surface area contributed by atoms with Gasteiger partial charge in [0.15, 0.2) is 11.5 Å². The van der Waals surface area contributed by atoms with Crippen LogP contribution >= 0.6 is 15.9 Å². The number of halogens is 1. The zero-order chi connectivity index (χ0) is 10.4. The lowest BCUT2D eigenvalue weighted by Crippen LogP contribution is -1.85. The molecule has 74 valence electrons. The standard InChI is InChI=1S/C8H9BrO2.C2H6/c1-5-3-6(9)8(10)7(4-5)11-2;1-2/h3-4,10H,1-2H3;1-2H3. The van der Waals surface area contributed by atoms with Crippen LogP contribution in [-0.4, -0.2) is 12.2 Å². The van der Waals surface area contributed by atoms with Crippen LogP contribution in [0.15, 0.2) is 16.6 Å². The van der Waals surface area contributed by atoms with E-state index < -0.39 is 0 Å². The van der Waals surface area contributed by atoms with E-state index in [9.17, 15) is 5.11 Å². The number of phenols is 1. The summed E-state index contributed by atoms with van der Waals surface area (Å²) in [4.78, 5) is 0. The fourth-order valence-electron chi connectivity index (χ4n) is 0.858. The Labute approximate surface area is 87.7 Å². The molecule has 0 aliphatic heterocycles. The Bertz CT molecular complexity index is 272. The number of aromatic hydroxyl groups is 1. The summed E-state index contributed by atoms with van der Waals surface area (Å²) in [6, 6.07) is 3.61. The molecule has 0 radical (unpaired) electrons. The first-order valence-electron chi connectivity index (χ1n) is 4.18. The number of hydrogen-bond acceptors (Lipinski definition) is 2. The fraction of sp³-hybridized carbons (Fsp3) is 0.400. The van der Waals surface area contributed by atoms with Crippen LogP contribution in [0.25, 0.3) is 0 Å². The van der Waals surface area contributed by atoms with Crippen molar-refractivity contribution < 1.29 is 9.84 Å². The van der Waals surface area contributed by atoms with Crippen LogP contribution in [0.4, 0.5) is 0 Å². The molecule has 2 nitrogen and oxygen atoms in total. The highest BCUT2D eigenvalue weighted by Gasteiger charge is 2.05. The summed E-state index contributed by atoms with van der Waals surface area (Å²) in [5.41, 5.74) is 1.05. The van der Waals surface area contributed by atoms with E-state index in [0.29, 0.717) is 10.2 Å². The average Bonchev–Trinajstić information content (AvgIpc) is 2.14. The Morgan fingerprint density at radius 1 is 1.31 bits per heavy atom. The van der Waals surface area contributed by atoms with Gasteiger partial charge in [0.25, 0.3) is 0 Å². The van der Waals surface area contributed by atoms with E-state index >= 15 is 0 Å². The zero-order valence-corrected chi connectivity index (χ0v) is 9.97. The summed E-state index contributed by atoms with van der Waals surface area (Å²) in [6.45, 7) is 5.94. The van der Waals surface area contributed by atoms with Gasteiger partial charge in [-0.25, -0.2) is 0 Å². The maximum atomic E-state index is 9.35. The van der Waals surface area contributed by atoms with Crippen molar-refractivity contribution in [1.82, 2.24) is 0 Å². The molecule has 1 N–H and O–H groups in total. The molecule has 0 saturated heterocycles. The fourth-order valence-corrected chi connectivity index (χ4v) is 1.41. The highest BCUT2D eigenvalue weighted by Crippen LogP contribution is 2.34. The van der Waals surface area contributed by atoms with Crippen molar-refractivity contribution in [3.63, 3.8) is 0 Å². The van der Waals surface area contributed by atoms with E-state index in [-0.39, 0.29) is 5.75 Å². The van der Waals surface area contributed by atoms with Crippen molar-refractivity contribution in [3.05, 3.63) is 22.2 Å². The molecule has 1 aromatic carbocycles. The molecule has 0 aliphatic carbocycles. The molecular weight excluding hydrogens is 232 g/mol. The van der Waals surface area contributed by atoms with Crippen LogP contribution < -0.4 is 4.74 Å². The number of methoxy groups -OCH3 is 1. The molecule has 1 rings (SSSR count). The van der Waals surface area contributed by atoms with Crippen molar-refractivity contribution in [1.29, 1.82) is 0 Å². The lowest BCUT2D eigenvalue weighted by molar-refractivity contribution is 0.371. The summed E-state index contributed by atoms with van der Waals surface area (Å²) >= 11 is 3.21. The van der Waals surface area contributed by atoms with Crippen LogP contribution in [-0.2, 0) is 0 Å². The van der Waals surface area contributed by atoms with E-state index in [1.54, 1.807) is 6.07 Å². The third-order valence-corrected chi connectivity index (χ3v) is 2.00. The van der Waals surface area contributed by atoms with Crippen molar-refractivity contribution >= 4 is 15.9 Å². The van der Waals surface area contributed by atoms with Gasteiger partial charge >= 0.3 is 0 Å². The Balaban J connectivity index is 0.000000671. The van der Waals surface area contributed by atoms with E-state index in [0.717, 1.165) is 5.56 Å². The van der Waals surface area contributed by atoms with Gasteiger partial charge in [-0.2, -0.15) is 0 Å². The average molecular weight is 247 g/mol. The minimum atomic E-state index is 0.151. The van der Waals surface area contributed by atoms with Crippen LogP contribution in [0.3, 0.4) is 0 Å². The van der Waals surface area contributed by atoms with Gasteiger partial charge in [0, 0.05) is 0 Å². The van der Waals surface area contributed by atoms with Crippen LogP contribution in [0.2, 0.25) is 0 Å². The minimum Gasteiger partial charge on any atom is -0.503 e. The second-order valence-corrected chi connectivity index (χ2v) is 3.15. The number of hydrogen-bond donors (Lipinski definition) is 1. The quantitative estimate of drug-likeness (QED) is 0.822. The summed E-state index contributed by atoms with van der Waals surface area (Å²) < 4.78 is 5.59. The highest BCUT2D eigenvalue weighted by atomic mass is 79.9.